The molecule has 1 aliphatic carbocycles. The molecular formula is C25H29N. The molecule has 0 N–H and O–H groups in total. The van der Waals surface area contributed by atoms with Gasteiger partial charge in [-0.25, -0.2) is 0 Å². The second kappa shape index (κ2) is 7.04. The summed E-state index contributed by atoms with van der Waals surface area (Å²) in [6, 6.07) is 19.0. The van der Waals surface area contributed by atoms with Crippen LogP contribution < -0.4 is 0 Å². The third-order valence-corrected chi connectivity index (χ3v) is 6.80. The van der Waals surface area contributed by atoms with Crippen molar-refractivity contribution in [2.45, 2.75) is 51.0 Å². The van der Waals surface area contributed by atoms with Gasteiger partial charge >= 0.3 is 0 Å². The summed E-state index contributed by atoms with van der Waals surface area (Å²) in [4.78, 5) is 2.78. The zero-order valence-corrected chi connectivity index (χ0v) is 15.7. The lowest BCUT2D eigenvalue weighted by Gasteiger charge is -2.43. The van der Waals surface area contributed by atoms with Crippen molar-refractivity contribution in [1.29, 1.82) is 0 Å². The van der Waals surface area contributed by atoms with Crippen molar-refractivity contribution in [1.82, 2.24) is 4.90 Å². The van der Waals surface area contributed by atoms with Crippen LogP contribution in [0.1, 0.15) is 54.4 Å². The molecule has 0 amide bonds. The van der Waals surface area contributed by atoms with Crippen LogP contribution in [0, 0.1) is 5.92 Å². The zero-order valence-electron chi connectivity index (χ0n) is 15.7. The summed E-state index contributed by atoms with van der Waals surface area (Å²) >= 11 is 0. The summed E-state index contributed by atoms with van der Waals surface area (Å²) in [6.07, 6.45) is 11.9. The lowest BCUT2D eigenvalue weighted by molar-refractivity contribution is 0.0786. The highest BCUT2D eigenvalue weighted by Gasteiger charge is 2.32. The highest BCUT2D eigenvalue weighted by molar-refractivity contribution is 5.84. The number of hydrogen-bond acceptors (Lipinski definition) is 1. The standard InChI is InChI=1S/C25H29N/c1-3-11-22-19(8-1)14-15-20-9-2-4-12-23(20)24(22)18-21-10-7-17-26-16-6-5-13-25(21)26/h1-4,8-9,11-12,18,21,25H,5-7,10,13-17H2/t21-,25+/m0/s1. The summed E-state index contributed by atoms with van der Waals surface area (Å²) < 4.78 is 0. The number of fused-ring (bicyclic) bond motifs is 3. The second-order valence-electron chi connectivity index (χ2n) is 8.30. The van der Waals surface area contributed by atoms with Crippen LogP contribution in [-0.2, 0) is 12.8 Å². The van der Waals surface area contributed by atoms with Gasteiger partial charge in [0.2, 0.25) is 0 Å². The Morgan fingerprint density at radius 2 is 1.38 bits per heavy atom. The van der Waals surface area contributed by atoms with Crippen LogP contribution in [-0.4, -0.2) is 24.0 Å². The fourth-order valence-corrected chi connectivity index (χ4v) is 5.51. The van der Waals surface area contributed by atoms with Crippen LogP contribution in [0.3, 0.4) is 0 Å². The van der Waals surface area contributed by atoms with Crippen molar-refractivity contribution in [2.24, 2.45) is 5.92 Å². The zero-order chi connectivity index (χ0) is 17.3. The van der Waals surface area contributed by atoms with Gasteiger partial charge in [-0.15, -0.1) is 0 Å². The number of nitrogens with zero attached hydrogens (tertiary/aromatic N) is 1. The van der Waals surface area contributed by atoms with E-state index < -0.39 is 0 Å². The molecule has 2 aliphatic heterocycles. The van der Waals surface area contributed by atoms with Crippen molar-refractivity contribution < 1.29 is 0 Å². The van der Waals surface area contributed by atoms with E-state index in [1.807, 2.05) is 0 Å². The number of benzene rings is 2. The first-order chi connectivity index (χ1) is 12.9. The largest absolute Gasteiger partial charge is 0.300 e. The van der Waals surface area contributed by atoms with Gasteiger partial charge in [0.05, 0.1) is 0 Å². The van der Waals surface area contributed by atoms with Gasteiger partial charge in [-0.1, -0.05) is 61.0 Å². The molecular weight excluding hydrogens is 314 g/mol. The van der Waals surface area contributed by atoms with Gasteiger partial charge in [-0.3, -0.25) is 4.90 Å². The Morgan fingerprint density at radius 3 is 2.12 bits per heavy atom. The third kappa shape index (κ3) is 2.93. The van der Waals surface area contributed by atoms with Crippen LogP contribution in [0.5, 0.6) is 0 Å². The van der Waals surface area contributed by atoms with E-state index in [1.54, 1.807) is 0 Å². The molecule has 0 bridgehead atoms. The highest BCUT2D eigenvalue weighted by Crippen LogP contribution is 2.38. The maximum atomic E-state index is 2.78. The lowest BCUT2D eigenvalue weighted by atomic mass is 9.80. The Kier molecular flexibility index (Phi) is 4.42. The van der Waals surface area contributed by atoms with Crippen LogP contribution in [0.15, 0.2) is 54.6 Å². The minimum atomic E-state index is 0.707. The van der Waals surface area contributed by atoms with Gasteiger partial charge in [-0.05, 0) is 85.4 Å². The van der Waals surface area contributed by atoms with Gasteiger partial charge in [0, 0.05) is 6.04 Å². The molecule has 2 aromatic rings. The van der Waals surface area contributed by atoms with E-state index >= 15 is 0 Å². The van der Waals surface area contributed by atoms with Crippen molar-refractivity contribution in [3.63, 3.8) is 0 Å². The predicted octanol–water partition coefficient (Wildman–Crippen LogP) is 5.48. The molecule has 0 saturated carbocycles. The molecule has 3 aliphatic rings. The fourth-order valence-electron chi connectivity index (χ4n) is 5.51. The first-order valence-corrected chi connectivity index (χ1v) is 10.5. The molecule has 2 atom stereocenters. The number of hydrogen-bond donors (Lipinski definition) is 0. The monoisotopic (exact) mass is 343 g/mol. The van der Waals surface area contributed by atoms with Crippen LogP contribution in [0.2, 0.25) is 0 Å². The third-order valence-electron chi connectivity index (χ3n) is 6.80. The fraction of sp³-hybridized carbons (Fsp3) is 0.440. The van der Waals surface area contributed by atoms with E-state index in [4.69, 9.17) is 0 Å². The van der Waals surface area contributed by atoms with E-state index in [-0.39, 0.29) is 0 Å². The summed E-state index contributed by atoms with van der Waals surface area (Å²) in [5, 5.41) is 0. The molecule has 2 saturated heterocycles. The van der Waals surface area contributed by atoms with E-state index in [2.05, 4.69) is 59.5 Å². The van der Waals surface area contributed by atoms with Crippen LogP contribution >= 0.6 is 0 Å². The minimum absolute atomic E-state index is 0.707. The van der Waals surface area contributed by atoms with Crippen molar-refractivity contribution in [3.8, 4) is 0 Å². The Hall–Kier alpha value is -1.86. The number of piperidine rings is 2. The lowest BCUT2D eigenvalue weighted by Crippen LogP contribution is -2.47. The summed E-state index contributed by atoms with van der Waals surface area (Å²) in [7, 11) is 0. The minimum Gasteiger partial charge on any atom is -0.300 e. The molecule has 1 heteroatoms. The maximum absolute atomic E-state index is 2.78. The number of rotatable bonds is 1. The molecule has 26 heavy (non-hydrogen) atoms. The Balaban J connectivity index is 1.61. The topological polar surface area (TPSA) is 3.24 Å². The highest BCUT2D eigenvalue weighted by atomic mass is 15.2. The van der Waals surface area contributed by atoms with Crippen molar-refractivity contribution >= 4 is 5.57 Å². The van der Waals surface area contributed by atoms with E-state index in [0.717, 1.165) is 18.9 Å². The van der Waals surface area contributed by atoms with Gasteiger partial charge in [0.25, 0.3) is 0 Å². The van der Waals surface area contributed by atoms with Crippen molar-refractivity contribution in [3.05, 3.63) is 76.9 Å². The molecule has 0 spiro atoms. The molecule has 0 aromatic heterocycles. The summed E-state index contributed by atoms with van der Waals surface area (Å²) in [6.45, 7) is 2.63. The number of aryl methyl sites for hydroxylation is 2. The van der Waals surface area contributed by atoms with Crippen LogP contribution in [0.25, 0.3) is 5.57 Å². The van der Waals surface area contributed by atoms with E-state index in [1.165, 1.54) is 73.0 Å². The molecule has 5 rings (SSSR count). The van der Waals surface area contributed by atoms with Crippen molar-refractivity contribution in [2.75, 3.05) is 13.1 Å². The first kappa shape index (κ1) is 16.3. The van der Waals surface area contributed by atoms with Gasteiger partial charge in [0.1, 0.15) is 0 Å². The van der Waals surface area contributed by atoms with Gasteiger partial charge in [0.15, 0.2) is 0 Å². The van der Waals surface area contributed by atoms with Crippen LogP contribution in [0.4, 0.5) is 0 Å². The molecule has 2 aromatic carbocycles. The van der Waals surface area contributed by atoms with Gasteiger partial charge in [-0.2, -0.15) is 0 Å². The molecule has 1 nitrogen and oxygen atoms in total. The Labute approximate surface area is 157 Å². The van der Waals surface area contributed by atoms with E-state index in [0.29, 0.717) is 5.92 Å². The average Bonchev–Trinajstić information content (AvgIpc) is 2.86. The van der Waals surface area contributed by atoms with E-state index in [9.17, 15) is 0 Å². The normalized spacial score (nSPS) is 25.6. The molecule has 2 fully saturated rings. The molecule has 134 valence electrons. The summed E-state index contributed by atoms with van der Waals surface area (Å²) in [5.41, 5.74) is 7.50. The SMILES string of the molecule is C(=C1c2ccccc2CCc2ccccc21)[C@@H]1CCCN2CCCC[C@H]12. The predicted molar refractivity (Wildman–Crippen MR) is 109 cm³/mol. The maximum Gasteiger partial charge on any atom is 0.0158 e. The average molecular weight is 344 g/mol. The molecule has 0 unspecified atom stereocenters. The quantitative estimate of drug-likeness (QED) is 0.662. The van der Waals surface area contributed by atoms with Gasteiger partial charge < -0.3 is 0 Å². The second-order valence-corrected chi connectivity index (χ2v) is 8.30. The Bertz CT molecular complexity index is 767. The molecule has 2 heterocycles. The smallest absolute Gasteiger partial charge is 0.0158 e. The Morgan fingerprint density at radius 1 is 0.731 bits per heavy atom. The summed E-state index contributed by atoms with van der Waals surface area (Å²) in [5.74, 6) is 0.707. The molecule has 0 radical (unpaired) electrons. The first-order valence-electron chi connectivity index (χ1n) is 10.5.